The van der Waals surface area contributed by atoms with Crippen LogP contribution < -0.4 is 15.4 Å². The van der Waals surface area contributed by atoms with E-state index in [4.69, 9.17) is 4.74 Å². The van der Waals surface area contributed by atoms with E-state index in [2.05, 4.69) is 44.9 Å². The van der Waals surface area contributed by atoms with Gasteiger partial charge in [0.15, 0.2) is 11.8 Å². The van der Waals surface area contributed by atoms with E-state index >= 15 is 0 Å². The van der Waals surface area contributed by atoms with Gasteiger partial charge in [-0.1, -0.05) is 19.1 Å². The first-order chi connectivity index (χ1) is 12.1. The molecule has 0 aliphatic rings. The van der Waals surface area contributed by atoms with E-state index in [9.17, 15) is 0 Å². The smallest absolute Gasteiger partial charge is 0.191 e. The molecule has 25 heavy (non-hydrogen) atoms. The van der Waals surface area contributed by atoms with Crippen molar-refractivity contribution in [3.05, 3.63) is 41.5 Å². The minimum absolute atomic E-state index is 0.581. The van der Waals surface area contributed by atoms with E-state index in [0.717, 1.165) is 49.4 Å². The molecule has 2 N–H and O–H groups in total. The Labute approximate surface area is 149 Å². The Hall–Kier alpha value is -2.57. The lowest BCUT2D eigenvalue weighted by atomic mass is 10.1. The molecule has 7 nitrogen and oxygen atoms in total. The SMILES string of the molecule is CCCOc1cccc(CCNC(=NC)NCc2nnc(C)n2C)c1. The first-order valence-corrected chi connectivity index (χ1v) is 8.65. The monoisotopic (exact) mass is 344 g/mol. The van der Waals surface area contributed by atoms with Crippen LogP contribution in [0.15, 0.2) is 29.3 Å². The van der Waals surface area contributed by atoms with Crippen LogP contribution in [0, 0.1) is 6.92 Å². The minimum atomic E-state index is 0.581. The number of hydrogen-bond donors (Lipinski definition) is 2. The molecule has 1 aromatic heterocycles. The van der Waals surface area contributed by atoms with Crippen molar-refractivity contribution in [3.63, 3.8) is 0 Å². The molecule has 0 atom stereocenters. The summed E-state index contributed by atoms with van der Waals surface area (Å²) in [6.07, 6.45) is 1.91. The predicted octanol–water partition coefficient (Wildman–Crippen LogP) is 1.82. The topological polar surface area (TPSA) is 76.4 Å². The fourth-order valence-electron chi connectivity index (χ4n) is 2.32. The Balaban J connectivity index is 1.78. The lowest BCUT2D eigenvalue weighted by Crippen LogP contribution is -2.38. The Bertz CT molecular complexity index is 695. The van der Waals surface area contributed by atoms with Crippen LogP contribution in [0.3, 0.4) is 0 Å². The van der Waals surface area contributed by atoms with Gasteiger partial charge in [0.25, 0.3) is 0 Å². The average Bonchev–Trinajstić information content (AvgIpc) is 2.95. The highest BCUT2D eigenvalue weighted by atomic mass is 16.5. The van der Waals surface area contributed by atoms with Crippen molar-refractivity contribution in [1.82, 2.24) is 25.4 Å². The maximum absolute atomic E-state index is 5.67. The molecular formula is C18H28N6O. The van der Waals surface area contributed by atoms with Crippen LogP contribution in [0.2, 0.25) is 0 Å². The van der Waals surface area contributed by atoms with Crippen LogP contribution >= 0.6 is 0 Å². The first kappa shape index (κ1) is 18.8. The second kappa shape index (κ2) is 9.66. The van der Waals surface area contributed by atoms with Gasteiger partial charge in [0.05, 0.1) is 13.2 Å². The summed E-state index contributed by atoms with van der Waals surface area (Å²) in [7, 11) is 3.71. The normalized spacial score (nSPS) is 11.4. The highest BCUT2D eigenvalue weighted by Gasteiger charge is 2.06. The quantitative estimate of drug-likeness (QED) is 0.564. The summed E-state index contributed by atoms with van der Waals surface area (Å²) in [4.78, 5) is 4.24. The van der Waals surface area contributed by atoms with Crippen molar-refractivity contribution in [2.24, 2.45) is 12.0 Å². The number of aryl methyl sites for hydroxylation is 1. The number of nitrogens with zero attached hydrogens (tertiary/aromatic N) is 4. The fourth-order valence-corrected chi connectivity index (χ4v) is 2.32. The van der Waals surface area contributed by atoms with Gasteiger partial charge < -0.3 is 19.9 Å². The Kier molecular flexibility index (Phi) is 7.25. The number of hydrogen-bond acceptors (Lipinski definition) is 4. The summed E-state index contributed by atoms with van der Waals surface area (Å²) in [5.41, 5.74) is 1.24. The van der Waals surface area contributed by atoms with E-state index in [1.54, 1.807) is 7.05 Å². The molecule has 0 aliphatic carbocycles. The number of benzene rings is 1. The molecule has 136 valence electrons. The van der Waals surface area contributed by atoms with Gasteiger partial charge in [-0.25, -0.2) is 0 Å². The largest absolute Gasteiger partial charge is 0.494 e. The molecule has 2 aromatic rings. The maximum atomic E-state index is 5.67. The highest BCUT2D eigenvalue weighted by molar-refractivity contribution is 5.79. The minimum Gasteiger partial charge on any atom is -0.494 e. The summed E-state index contributed by atoms with van der Waals surface area (Å²) < 4.78 is 7.63. The van der Waals surface area contributed by atoms with Gasteiger partial charge >= 0.3 is 0 Å². The standard InChI is InChI=1S/C18H28N6O/c1-5-11-25-16-8-6-7-15(12-16)9-10-20-18(19-3)21-13-17-23-22-14(2)24(17)4/h6-8,12H,5,9-11,13H2,1-4H3,(H2,19,20,21). The van der Waals surface area contributed by atoms with Crippen molar-refractivity contribution < 1.29 is 4.74 Å². The van der Waals surface area contributed by atoms with Crippen LogP contribution in [0.5, 0.6) is 5.75 Å². The summed E-state index contributed by atoms with van der Waals surface area (Å²) in [6, 6.07) is 8.23. The Morgan fingerprint density at radius 1 is 1.28 bits per heavy atom. The zero-order chi connectivity index (χ0) is 18.1. The number of aromatic nitrogens is 3. The Morgan fingerprint density at radius 2 is 2.12 bits per heavy atom. The summed E-state index contributed by atoms with van der Waals surface area (Å²) >= 11 is 0. The third kappa shape index (κ3) is 5.77. The van der Waals surface area contributed by atoms with Crippen molar-refractivity contribution in [1.29, 1.82) is 0 Å². The van der Waals surface area contributed by atoms with Crippen LogP contribution in [0.1, 0.15) is 30.6 Å². The molecule has 1 aromatic carbocycles. The number of nitrogens with one attached hydrogen (secondary N) is 2. The van der Waals surface area contributed by atoms with E-state index in [0.29, 0.717) is 6.54 Å². The van der Waals surface area contributed by atoms with Gasteiger partial charge in [0.2, 0.25) is 0 Å². The van der Waals surface area contributed by atoms with Crippen molar-refractivity contribution in [2.45, 2.75) is 33.2 Å². The van der Waals surface area contributed by atoms with Gasteiger partial charge in [0.1, 0.15) is 11.6 Å². The number of guanidine groups is 1. The highest BCUT2D eigenvalue weighted by Crippen LogP contribution is 2.13. The van der Waals surface area contributed by atoms with E-state index < -0.39 is 0 Å². The zero-order valence-electron chi connectivity index (χ0n) is 15.5. The Morgan fingerprint density at radius 3 is 2.80 bits per heavy atom. The lowest BCUT2D eigenvalue weighted by Gasteiger charge is -2.12. The molecular weight excluding hydrogens is 316 g/mol. The summed E-state index contributed by atoms with van der Waals surface area (Å²) in [5, 5.41) is 14.8. The number of aliphatic imine (C=N–C) groups is 1. The van der Waals surface area contributed by atoms with Crippen LogP contribution in [-0.4, -0.2) is 40.9 Å². The summed E-state index contributed by atoms with van der Waals surface area (Å²) in [5.74, 6) is 3.45. The molecule has 0 amide bonds. The summed E-state index contributed by atoms with van der Waals surface area (Å²) in [6.45, 7) is 6.16. The average molecular weight is 344 g/mol. The lowest BCUT2D eigenvalue weighted by molar-refractivity contribution is 0.317. The van der Waals surface area contributed by atoms with Crippen LogP contribution in [0.4, 0.5) is 0 Å². The molecule has 0 aliphatic heterocycles. The molecule has 0 saturated heterocycles. The van der Waals surface area contributed by atoms with Crippen molar-refractivity contribution >= 4 is 5.96 Å². The van der Waals surface area contributed by atoms with E-state index in [-0.39, 0.29) is 0 Å². The number of ether oxygens (including phenoxy) is 1. The molecule has 7 heteroatoms. The first-order valence-electron chi connectivity index (χ1n) is 8.65. The molecule has 0 unspecified atom stereocenters. The second-order valence-corrected chi connectivity index (χ2v) is 5.82. The second-order valence-electron chi connectivity index (χ2n) is 5.82. The van der Waals surface area contributed by atoms with Crippen molar-refractivity contribution in [2.75, 3.05) is 20.2 Å². The van der Waals surface area contributed by atoms with Gasteiger partial charge in [-0.2, -0.15) is 0 Å². The van der Waals surface area contributed by atoms with E-state index in [1.807, 2.05) is 30.7 Å². The molecule has 0 radical (unpaired) electrons. The van der Waals surface area contributed by atoms with Crippen LogP contribution in [-0.2, 0) is 20.0 Å². The third-order valence-electron chi connectivity index (χ3n) is 3.90. The van der Waals surface area contributed by atoms with Crippen molar-refractivity contribution in [3.8, 4) is 5.75 Å². The van der Waals surface area contributed by atoms with Gasteiger partial charge in [-0.05, 0) is 37.5 Å². The van der Waals surface area contributed by atoms with Crippen LogP contribution in [0.25, 0.3) is 0 Å². The molecule has 0 spiro atoms. The third-order valence-corrected chi connectivity index (χ3v) is 3.90. The van der Waals surface area contributed by atoms with Gasteiger partial charge in [-0.15, -0.1) is 10.2 Å². The van der Waals surface area contributed by atoms with Gasteiger partial charge in [0, 0.05) is 20.6 Å². The molecule has 0 bridgehead atoms. The maximum Gasteiger partial charge on any atom is 0.191 e. The molecule has 0 fully saturated rings. The molecule has 2 rings (SSSR count). The fraction of sp³-hybridized carbons (Fsp3) is 0.500. The van der Waals surface area contributed by atoms with E-state index in [1.165, 1.54) is 5.56 Å². The van der Waals surface area contributed by atoms with Gasteiger partial charge in [-0.3, -0.25) is 4.99 Å². The number of rotatable bonds is 8. The predicted molar refractivity (Wildman–Crippen MR) is 99.9 cm³/mol. The molecule has 1 heterocycles. The zero-order valence-corrected chi connectivity index (χ0v) is 15.5. The molecule has 0 saturated carbocycles.